The van der Waals surface area contributed by atoms with Gasteiger partial charge in [0.2, 0.25) is 11.8 Å². The lowest BCUT2D eigenvalue weighted by molar-refractivity contribution is 0.122. The summed E-state index contributed by atoms with van der Waals surface area (Å²) in [7, 11) is 4.64. The highest BCUT2D eigenvalue weighted by Crippen LogP contribution is 2.31. The lowest BCUT2D eigenvalue weighted by Gasteiger charge is -2.28. The molecule has 5 rings (SSSR count). The van der Waals surface area contributed by atoms with Gasteiger partial charge in [0.25, 0.3) is 0 Å². The lowest BCUT2D eigenvalue weighted by Crippen LogP contribution is -2.36. The van der Waals surface area contributed by atoms with Crippen LogP contribution in [0.5, 0.6) is 28.9 Å². The van der Waals surface area contributed by atoms with Gasteiger partial charge < -0.3 is 44.5 Å². The number of methoxy groups -OCH3 is 3. The van der Waals surface area contributed by atoms with Crippen molar-refractivity contribution in [1.82, 2.24) is 9.97 Å². The maximum atomic E-state index is 13.0. The van der Waals surface area contributed by atoms with Gasteiger partial charge in [-0.3, -0.25) is 0 Å². The lowest BCUT2D eigenvalue weighted by atomic mass is 10.2. The molecule has 1 aromatic heterocycles. The molecule has 0 aliphatic carbocycles. The molecule has 0 bridgehead atoms. The van der Waals surface area contributed by atoms with Crippen molar-refractivity contribution in [3.05, 3.63) is 72.9 Å². The van der Waals surface area contributed by atoms with Crippen LogP contribution in [0.2, 0.25) is 0 Å². The van der Waals surface area contributed by atoms with Gasteiger partial charge in [-0.2, -0.15) is 4.98 Å². The van der Waals surface area contributed by atoms with Crippen LogP contribution in [0.15, 0.2) is 72.9 Å². The number of carbonyl (C=O) groups excluding carboxylic acids is 1. The van der Waals surface area contributed by atoms with Gasteiger partial charge in [-0.25, -0.2) is 9.78 Å². The monoisotopic (exact) mass is 572 g/mol. The van der Waals surface area contributed by atoms with Gasteiger partial charge in [0.1, 0.15) is 28.7 Å². The number of amides is 2. The molecule has 3 aromatic carbocycles. The highest BCUT2D eigenvalue weighted by molar-refractivity contribution is 6.00. The van der Waals surface area contributed by atoms with Gasteiger partial charge in [-0.15, -0.1) is 0 Å². The molecule has 0 saturated carbocycles. The first-order valence-corrected chi connectivity index (χ1v) is 13.2. The first-order valence-electron chi connectivity index (χ1n) is 13.2. The molecule has 1 saturated heterocycles. The molecule has 12 heteroatoms. The molecule has 1 aliphatic rings. The van der Waals surface area contributed by atoms with Crippen LogP contribution in [0.1, 0.15) is 0 Å². The minimum Gasteiger partial charge on any atom is -0.497 e. The topological polar surface area (TPSA) is 128 Å². The van der Waals surface area contributed by atoms with Crippen LogP contribution in [0.4, 0.5) is 33.5 Å². The third kappa shape index (κ3) is 7.29. The molecule has 0 radical (unpaired) electrons. The maximum Gasteiger partial charge on any atom is 0.323 e. The number of hydrogen-bond donors (Lipinski definition) is 3. The van der Waals surface area contributed by atoms with Gasteiger partial charge in [0.15, 0.2) is 0 Å². The van der Waals surface area contributed by atoms with Crippen molar-refractivity contribution in [2.24, 2.45) is 0 Å². The summed E-state index contributed by atoms with van der Waals surface area (Å²) in [6.07, 6.45) is 1.47. The Morgan fingerprint density at radius 2 is 1.48 bits per heavy atom. The van der Waals surface area contributed by atoms with E-state index < -0.39 is 6.03 Å². The molecule has 2 heterocycles. The van der Waals surface area contributed by atoms with Crippen LogP contribution in [0.25, 0.3) is 0 Å². The van der Waals surface area contributed by atoms with E-state index in [1.165, 1.54) is 20.4 Å². The van der Waals surface area contributed by atoms with E-state index in [2.05, 4.69) is 30.8 Å². The van der Waals surface area contributed by atoms with Gasteiger partial charge >= 0.3 is 6.03 Å². The molecule has 0 atom stereocenters. The van der Waals surface area contributed by atoms with Gasteiger partial charge in [0.05, 0.1) is 40.7 Å². The number of urea groups is 1. The summed E-state index contributed by atoms with van der Waals surface area (Å²) < 4.78 is 27.4. The van der Waals surface area contributed by atoms with E-state index in [4.69, 9.17) is 23.7 Å². The molecule has 1 aliphatic heterocycles. The van der Waals surface area contributed by atoms with Crippen molar-refractivity contribution in [1.29, 1.82) is 0 Å². The van der Waals surface area contributed by atoms with Gasteiger partial charge in [-0.05, 0) is 36.4 Å². The predicted molar refractivity (Wildman–Crippen MR) is 160 cm³/mol. The number of ether oxygens (including phenoxy) is 5. The average molecular weight is 573 g/mol. The normalized spacial score (nSPS) is 12.7. The zero-order valence-corrected chi connectivity index (χ0v) is 23.5. The molecule has 4 aromatic rings. The van der Waals surface area contributed by atoms with Crippen LogP contribution >= 0.6 is 0 Å². The molecule has 0 unspecified atom stereocenters. The summed E-state index contributed by atoms with van der Waals surface area (Å²) in [5.74, 6) is 2.56. The van der Waals surface area contributed by atoms with E-state index in [0.29, 0.717) is 28.7 Å². The second-order valence-electron chi connectivity index (χ2n) is 9.15. The summed E-state index contributed by atoms with van der Waals surface area (Å²) in [6, 6.07) is 19.6. The third-order valence-electron chi connectivity index (χ3n) is 6.37. The standard InChI is InChI=1S/C30H32N6O6/c1-38-23-5-4-6-24(17-23)42-28-27(34-30(37)33-21-15-25(39-2)18-26(16-21)40-3)19-31-29(35-28)32-20-7-9-22(10-8-20)36-11-13-41-14-12-36/h4-10,15-19H,11-14H2,1-3H3,(H,31,32,35)(H2,33,34,37). The summed E-state index contributed by atoms with van der Waals surface area (Å²) in [6.45, 7) is 3.15. The van der Waals surface area contributed by atoms with Crippen LogP contribution < -0.4 is 39.8 Å². The second-order valence-corrected chi connectivity index (χ2v) is 9.15. The number of aromatic nitrogens is 2. The smallest absolute Gasteiger partial charge is 0.323 e. The second kappa shape index (κ2) is 13.4. The summed E-state index contributed by atoms with van der Waals surface area (Å²) in [5, 5.41) is 8.73. The van der Waals surface area contributed by atoms with Crippen molar-refractivity contribution in [3.8, 4) is 28.9 Å². The number of anilines is 5. The number of hydrogen-bond acceptors (Lipinski definition) is 10. The quantitative estimate of drug-likeness (QED) is 0.223. The first-order chi connectivity index (χ1) is 20.5. The Labute approximate surface area is 243 Å². The maximum absolute atomic E-state index is 13.0. The number of nitrogens with zero attached hydrogens (tertiary/aromatic N) is 3. The molecule has 42 heavy (non-hydrogen) atoms. The van der Waals surface area contributed by atoms with Crippen molar-refractivity contribution < 1.29 is 28.5 Å². The Bertz CT molecular complexity index is 1490. The van der Waals surface area contributed by atoms with E-state index in [-0.39, 0.29) is 17.5 Å². The third-order valence-corrected chi connectivity index (χ3v) is 6.37. The fourth-order valence-electron chi connectivity index (χ4n) is 4.24. The summed E-state index contributed by atoms with van der Waals surface area (Å²) in [4.78, 5) is 24.2. The number of carbonyl (C=O) groups is 1. The minimum absolute atomic E-state index is 0.129. The van der Waals surface area contributed by atoms with E-state index in [0.717, 1.165) is 37.7 Å². The Hall–Kier alpha value is -5.23. The van der Waals surface area contributed by atoms with Crippen LogP contribution in [-0.4, -0.2) is 63.6 Å². The molecule has 1 fully saturated rings. The zero-order valence-electron chi connectivity index (χ0n) is 23.5. The minimum atomic E-state index is -0.538. The van der Waals surface area contributed by atoms with Gasteiger partial charge in [0, 0.05) is 54.4 Å². The SMILES string of the molecule is COc1cc(NC(=O)Nc2cnc(Nc3ccc(N4CCOCC4)cc3)nc2Oc2cccc(OC)c2)cc(OC)c1. The van der Waals surface area contributed by atoms with Crippen molar-refractivity contribution >= 4 is 34.7 Å². The Balaban J connectivity index is 1.36. The Morgan fingerprint density at radius 1 is 0.810 bits per heavy atom. The first kappa shape index (κ1) is 28.3. The van der Waals surface area contributed by atoms with Crippen LogP contribution in [0.3, 0.4) is 0 Å². The number of rotatable bonds is 10. The molecule has 12 nitrogen and oxygen atoms in total. The highest BCUT2D eigenvalue weighted by Gasteiger charge is 2.16. The van der Waals surface area contributed by atoms with Crippen LogP contribution in [0, 0.1) is 0 Å². The molecule has 3 N–H and O–H groups in total. The highest BCUT2D eigenvalue weighted by atomic mass is 16.5. The van der Waals surface area contributed by atoms with Crippen LogP contribution in [-0.2, 0) is 4.74 Å². The van der Waals surface area contributed by atoms with Crippen molar-refractivity contribution in [3.63, 3.8) is 0 Å². The van der Waals surface area contributed by atoms with Gasteiger partial charge in [-0.1, -0.05) is 6.07 Å². The number of benzene rings is 3. The fraction of sp³-hybridized carbons (Fsp3) is 0.233. The largest absolute Gasteiger partial charge is 0.497 e. The fourth-order valence-corrected chi connectivity index (χ4v) is 4.24. The van der Waals surface area contributed by atoms with Crippen molar-refractivity contribution in [2.75, 3.05) is 68.5 Å². The Kier molecular flexibility index (Phi) is 9.04. The average Bonchev–Trinajstić information content (AvgIpc) is 3.03. The molecule has 218 valence electrons. The molecule has 2 amide bonds. The summed E-state index contributed by atoms with van der Waals surface area (Å²) in [5.41, 5.74) is 2.63. The Morgan fingerprint density at radius 3 is 2.17 bits per heavy atom. The van der Waals surface area contributed by atoms with Crippen molar-refractivity contribution in [2.45, 2.75) is 0 Å². The van der Waals surface area contributed by atoms with E-state index in [9.17, 15) is 4.79 Å². The van der Waals surface area contributed by atoms with E-state index >= 15 is 0 Å². The molecule has 0 spiro atoms. The van der Waals surface area contributed by atoms with E-state index in [1.54, 1.807) is 49.6 Å². The van der Waals surface area contributed by atoms with E-state index in [1.807, 2.05) is 24.3 Å². The molecular formula is C30H32N6O6. The summed E-state index contributed by atoms with van der Waals surface area (Å²) >= 11 is 0. The molecular weight excluding hydrogens is 540 g/mol. The zero-order chi connectivity index (χ0) is 29.3. The number of morpholine rings is 1. The predicted octanol–water partition coefficient (Wildman–Crippen LogP) is 5.52. The number of nitrogens with one attached hydrogen (secondary N) is 3.